The highest BCUT2D eigenvalue weighted by Crippen LogP contribution is 2.33. The fourth-order valence-electron chi connectivity index (χ4n) is 3.12. The minimum Gasteiger partial charge on any atom is -0.495 e. The Hall–Kier alpha value is -2.62. The van der Waals surface area contributed by atoms with Crippen molar-refractivity contribution in [2.75, 3.05) is 38.7 Å². The van der Waals surface area contributed by atoms with Crippen molar-refractivity contribution in [3.8, 4) is 5.75 Å². The molecule has 0 radical (unpaired) electrons. The number of anilines is 1. The maximum atomic E-state index is 13.3. The molecule has 0 aliphatic rings. The molecule has 0 saturated heterocycles. The lowest BCUT2D eigenvalue weighted by molar-refractivity contribution is 0.0952. The molecule has 0 aliphatic carbocycles. The smallest absolute Gasteiger partial charge is 0.267 e. The summed E-state index contributed by atoms with van der Waals surface area (Å²) in [6, 6.07) is 12.2. The molecule has 2 aromatic carbocycles. The highest BCUT2D eigenvalue weighted by atomic mass is 32.2. The van der Waals surface area contributed by atoms with Gasteiger partial charge in [0, 0.05) is 32.0 Å². The third-order valence-corrected chi connectivity index (χ3v) is 7.78. The number of benzene rings is 2. The summed E-state index contributed by atoms with van der Waals surface area (Å²) < 4.78 is 38.9. The van der Waals surface area contributed by atoms with Crippen LogP contribution in [0.15, 0.2) is 47.4 Å². The number of sulfonamides is 1. The number of nitrogens with one attached hydrogen (secondary N) is 1. The van der Waals surface area contributed by atoms with Crippen molar-refractivity contribution < 1.29 is 22.7 Å². The Morgan fingerprint density at radius 3 is 2.61 bits per heavy atom. The summed E-state index contributed by atoms with van der Waals surface area (Å²) in [5.41, 5.74) is 1.32. The number of ether oxygens (including phenoxy) is 2. The Kier molecular flexibility index (Phi) is 7.19. The molecule has 0 bridgehead atoms. The number of thiophene rings is 1. The second kappa shape index (κ2) is 9.67. The van der Waals surface area contributed by atoms with Gasteiger partial charge in [0.15, 0.2) is 0 Å². The third kappa shape index (κ3) is 5.00. The zero-order valence-corrected chi connectivity index (χ0v) is 19.6. The Labute approximate surface area is 186 Å². The van der Waals surface area contributed by atoms with E-state index in [9.17, 15) is 13.2 Å². The van der Waals surface area contributed by atoms with E-state index < -0.39 is 10.0 Å². The molecule has 31 heavy (non-hydrogen) atoms. The molecule has 7 nitrogen and oxygen atoms in total. The monoisotopic (exact) mass is 462 g/mol. The molecule has 0 unspecified atom stereocenters. The minimum atomic E-state index is -3.83. The molecule has 0 atom stereocenters. The third-order valence-electron chi connectivity index (χ3n) is 4.86. The Bertz CT molecular complexity index is 1190. The van der Waals surface area contributed by atoms with Gasteiger partial charge < -0.3 is 14.8 Å². The molecule has 0 spiro atoms. The highest BCUT2D eigenvalue weighted by Gasteiger charge is 2.26. The number of hydrogen-bond donors (Lipinski definition) is 1. The van der Waals surface area contributed by atoms with Gasteiger partial charge in [-0.05, 0) is 60.7 Å². The standard InChI is InChI=1S/C22H26N2O5S2/c1-15-6-8-18(29-4)21(12-15)31(26,27)24(2)17-7-9-19-16(13-17)14-20(30-19)22(25)23-10-5-11-28-3/h6-9,12-14H,5,10-11H2,1-4H3,(H,23,25). The molecule has 1 aromatic heterocycles. The van der Waals surface area contributed by atoms with Gasteiger partial charge in [0.05, 0.1) is 17.7 Å². The van der Waals surface area contributed by atoms with Crippen LogP contribution in [0.4, 0.5) is 5.69 Å². The van der Waals surface area contributed by atoms with Crippen LogP contribution >= 0.6 is 11.3 Å². The van der Waals surface area contributed by atoms with Gasteiger partial charge >= 0.3 is 0 Å². The molecule has 1 heterocycles. The zero-order valence-electron chi connectivity index (χ0n) is 18.0. The van der Waals surface area contributed by atoms with Crippen LogP contribution in [-0.4, -0.2) is 48.7 Å². The lowest BCUT2D eigenvalue weighted by Gasteiger charge is -2.21. The molecule has 3 rings (SSSR count). The van der Waals surface area contributed by atoms with Crippen molar-refractivity contribution in [2.45, 2.75) is 18.2 Å². The van der Waals surface area contributed by atoms with Gasteiger partial charge in [-0.1, -0.05) is 6.07 Å². The highest BCUT2D eigenvalue weighted by molar-refractivity contribution is 7.93. The summed E-state index contributed by atoms with van der Waals surface area (Å²) in [6.45, 7) is 2.95. The summed E-state index contributed by atoms with van der Waals surface area (Å²) in [4.78, 5) is 13.1. The van der Waals surface area contributed by atoms with Crippen LogP contribution in [0, 0.1) is 6.92 Å². The Morgan fingerprint density at radius 2 is 1.90 bits per heavy atom. The van der Waals surface area contributed by atoms with E-state index in [0.717, 1.165) is 22.1 Å². The van der Waals surface area contributed by atoms with Gasteiger partial charge in [-0.3, -0.25) is 9.10 Å². The van der Waals surface area contributed by atoms with Crippen LogP contribution in [0.25, 0.3) is 10.1 Å². The molecule has 0 fully saturated rings. The fourth-order valence-corrected chi connectivity index (χ4v) is 5.50. The van der Waals surface area contributed by atoms with E-state index in [4.69, 9.17) is 9.47 Å². The van der Waals surface area contributed by atoms with Crippen LogP contribution < -0.4 is 14.4 Å². The number of nitrogens with zero attached hydrogens (tertiary/aromatic N) is 1. The van der Waals surface area contributed by atoms with Gasteiger partial charge in [0.1, 0.15) is 10.6 Å². The van der Waals surface area contributed by atoms with Gasteiger partial charge in [-0.25, -0.2) is 8.42 Å². The van der Waals surface area contributed by atoms with E-state index in [1.54, 1.807) is 43.5 Å². The SMILES string of the molecule is COCCCNC(=O)c1cc2cc(N(C)S(=O)(=O)c3cc(C)ccc3OC)ccc2s1. The van der Waals surface area contributed by atoms with Crippen LogP contribution in [0.1, 0.15) is 21.7 Å². The lowest BCUT2D eigenvalue weighted by Crippen LogP contribution is -2.27. The number of hydrogen-bond acceptors (Lipinski definition) is 6. The van der Waals surface area contributed by atoms with Crippen molar-refractivity contribution in [3.05, 3.63) is 52.9 Å². The second-order valence-electron chi connectivity index (χ2n) is 7.06. The van der Waals surface area contributed by atoms with E-state index in [0.29, 0.717) is 29.5 Å². The normalized spacial score (nSPS) is 11.5. The molecular weight excluding hydrogens is 436 g/mol. The lowest BCUT2D eigenvalue weighted by atomic mass is 10.2. The summed E-state index contributed by atoms with van der Waals surface area (Å²) in [6.07, 6.45) is 0.738. The molecule has 1 N–H and O–H groups in total. The Morgan fingerprint density at radius 1 is 1.13 bits per heavy atom. The molecule has 9 heteroatoms. The van der Waals surface area contributed by atoms with Crippen molar-refractivity contribution >= 4 is 43.0 Å². The van der Waals surface area contributed by atoms with Crippen LogP contribution in [-0.2, 0) is 14.8 Å². The molecule has 0 aliphatic heterocycles. The summed E-state index contributed by atoms with van der Waals surface area (Å²) in [5.74, 6) is 0.144. The van der Waals surface area contributed by atoms with Gasteiger partial charge in [-0.15, -0.1) is 11.3 Å². The zero-order chi connectivity index (χ0) is 22.6. The minimum absolute atomic E-state index is 0.110. The van der Waals surface area contributed by atoms with Crippen molar-refractivity contribution in [2.24, 2.45) is 0 Å². The average molecular weight is 463 g/mol. The number of methoxy groups -OCH3 is 2. The summed E-state index contributed by atoms with van der Waals surface area (Å²) >= 11 is 1.37. The fraction of sp³-hybridized carbons (Fsp3) is 0.318. The van der Waals surface area contributed by atoms with Crippen LogP contribution in [0.3, 0.4) is 0 Å². The molecule has 166 valence electrons. The predicted molar refractivity (Wildman–Crippen MR) is 124 cm³/mol. The first kappa shape index (κ1) is 23.1. The number of carbonyl (C=O) groups is 1. The quantitative estimate of drug-likeness (QED) is 0.489. The number of fused-ring (bicyclic) bond motifs is 1. The molecule has 3 aromatic rings. The molecular formula is C22H26N2O5S2. The predicted octanol–water partition coefficient (Wildman–Crippen LogP) is 3.81. The van der Waals surface area contributed by atoms with Gasteiger partial charge in [0.2, 0.25) is 0 Å². The largest absolute Gasteiger partial charge is 0.495 e. The number of aryl methyl sites for hydroxylation is 1. The van der Waals surface area contributed by atoms with Crippen molar-refractivity contribution in [3.63, 3.8) is 0 Å². The maximum Gasteiger partial charge on any atom is 0.267 e. The van der Waals surface area contributed by atoms with Gasteiger partial charge in [-0.2, -0.15) is 0 Å². The number of rotatable bonds is 9. The Balaban J connectivity index is 1.87. The van der Waals surface area contributed by atoms with Crippen LogP contribution in [0.2, 0.25) is 0 Å². The first-order valence-corrected chi connectivity index (χ1v) is 12.0. The van der Waals surface area contributed by atoms with Crippen molar-refractivity contribution in [1.29, 1.82) is 0 Å². The van der Waals surface area contributed by atoms with E-state index in [-0.39, 0.29) is 10.8 Å². The van der Waals surface area contributed by atoms with Crippen molar-refractivity contribution in [1.82, 2.24) is 5.32 Å². The number of carbonyl (C=O) groups excluding carboxylic acids is 1. The maximum absolute atomic E-state index is 13.3. The summed E-state index contributed by atoms with van der Waals surface area (Å²) in [7, 11) is 0.746. The molecule has 1 amide bonds. The second-order valence-corrected chi connectivity index (χ2v) is 10.1. The topological polar surface area (TPSA) is 84.9 Å². The van der Waals surface area contributed by atoms with E-state index in [1.165, 1.54) is 29.8 Å². The number of amides is 1. The average Bonchev–Trinajstić information content (AvgIpc) is 3.19. The van der Waals surface area contributed by atoms with Gasteiger partial charge in [0.25, 0.3) is 15.9 Å². The first-order chi connectivity index (χ1) is 14.8. The first-order valence-electron chi connectivity index (χ1n) is 9.72. The van der Waals surface area contributed by atoms with E-state index in [1.807, 2.05) is 13.0 Å². The molecule has 0 saturated carbocycles. The van der Waals surface area contributed by atoms with Crippen LogP contribution in [0.5, 0.6) is 5.75 Å². The summed E-state index contributed by atoms with van der Waals surface area (Å²) in [5, 5.41) is 3.68. The van der Waals surface area contributed by atoms with E-state index in [2.05, 4.69) is 5.32 Å². The van der Waals surface area contributed by atoms with E-state index >= 15 is 0 Å².